The largest absolute Gasteiger partial charge is 0.360 e. The predicted octanol–water partition coefficient (Wildman–Crippen LogP) is 2.67. The maximum Gasteiger partial charge on any atom is 0.253 e. The van der Waals surface area contributed by atoms with Crippen LogP contribution in [-0.4, -0.2) is 29.6 Å². The first-order chi connectivity index (χ1) is 12.1. The van der Waals surface area contributed by atoms with Crippen LogP contribution in [0.25, 0.3) is 0 Å². The number of hydrogen-bond acceptors (Lipinski definition) is 5. The normalized spacial score (nSPS) is 17.6. The Balaban J connectivity index is 1.68. The van der Waals surface area contributed by atoms with Gasteiger partial charge >= 0.3 is 0 Å². The molecule has 1 aromatic heterocycles. The lowest BCUT2D eigenvalue weighted by Gasteiger charge is -2.16. The van der Waals surface area contributed by atoms with Crippen molar-refractivity contribution in [3.05, 3.63) is 47.3 Å². The second-order valence-corrected chi connectivity index (χ2v) is 7.05. The Labute approximate surface area is 150 Å². The first kappa shape index (κ1) is 17.5. The minimum Gasteiger partial charge on any atom is -0.360 e. The lowest BCUT2D eigenvalue weighted by molar-refractivity contribution is -0.122. The van der Waals surface area contributed by atoms with Crippen molar-refractivity contribution in [2.75, 3.05) is 6.54 Å². The van der Waals surface area contributed by atoms with Crippen LogP contribution in [0.5, 0.6) is 0 Å². The molecule has 2 N–H and O–H groups in total. The highest BCUT2D eigenvalue weighted by molar-refractivity contribution is 7.98. The maximum atomic E-state index is 12.7. The third-order valence-electron chi connectivity index (χ3n) is 4.02. The van der Waals surface area contributed by atoms with E-state index in [-0.39, 0.29) is 11.8 Å². The number of carbonyl (C=O) groups excluding carboxylic acids is 2. The molecule has 2 heterocycles. The number of aromatic nitrogens is 1. The monoisotopic (exact) mass is 359 g/mol. The van der Waals surface area contributed by atoms with Crippen LogP contribution in [0.15, 0.2) is 39.8 Å². The Morgan fingerprint density at radius 2 is 2.24 bits per heavy atom. The quantitative estimate of drug-likeness (QED) is 0.802. The van der Waals surface area contributed by atoms with Crippen molar-refractivity contribution in [2.45, 2.75) is 42.9 Å². The minimum atomic E-state index is -0.468. The van der Waals surface area contributed by atoms with Crippen LogP contribution in [0.4, 0.5) is 0 Å². The van der Waals surface area contributed by atoms with E-state index < -0.39 is 6.04 Å². The summed E-state index contributed by atoms with van der Waals surface area (Å²) in [4.78, 5) is 25.5. The van der Waals surface area contributed by atoms with Crippen molar-refractivity contribution >= 4 is 23.6 Å². The minimum absolute atomic E-state index is 0.104. The van der Waals surface area contributed by atoms with Crippen molar-refractivity contribution in [1.29, 1.82) is 0 Å². The third kappa shape index (κ3) is 4.63. The number of hydrogen-bond donors (Lipinski definition) is 2. The zero-order valence-electron chi connectivity index (χ0n) is 14.1. The second-order valence-electron chi connectivity index (χ2n) is 6.03. The average Bonchev–Trinajstić information content (AvgIpc) is 2.93. The standard InChI is InChI=1S/C18H21N3O3S/c1-12-10-13(24-21-12)11-25-16-8-3-2-6-14(16)17(22)20-15-7-4-5-9-19-18(15)23/h2-3,6,8,10,15H,4-5,7,9,11H2,1H3,(H,19,23)(H,20,22)/t15-/m1/s1. The smallest absolute Gasteiger partial charge is 0.253 e. The van der Waals surface area contributed by atoms with Gasteiger partial charge in [-0.1, -0.05) is 17.3 Å². The molecule has 1 saturated heterocycles. The summed E-state index contributed by atoms with van der Waals surface area (Å²) < 4.78 is 5.21. The van der Waals surface area contributed by atoms with Crippen molar-refractivity contribution in [2.24, 2.45) is 0 Å². The number of carbonyl (C=O) groups is 2. The van der Waals surface area contributed by atoms with Gasteiger partial charge in [0.25, 0.3) is 5.91 Å². The van der Waals surface area contributed by atoms with Crippen molar-refractivity contribution in [1.82, 2.24) is 15.8 Å². The van der Waals surface area contributed by atoms with Gasteiger partial charge in [0.05, 0.1) is 17.0 Å². The van der Waals surface area contributed by atoms with E-state index in [1.54, 1.807) is 6.07 Å². The molecule has 6 nitrogen and oxygen atoms in total. The average molecular weight is 359 g/mol. The summed E-state index contributed by atoms with van der Waals surface area (Å²) >= 11 is 1.51. The van der Waals surface area contributed by atoms with E-state index in [0.717, 1.165) is 29.2 Å². The van der Waals surface area contributed by atoms with Crippen LogP contribution in [-0.2, 0) is 10.5 Å². The molecule has 0 aliphatic carbocycles. The van der Waals surface area contributed by atoms with Crippen LogP contribution < -0.4 is 10.6 Å². The summed E-state index contributed by atoms with van der Waals surface area (Å²) in [6.07, 6.45) is 2.54. The molecule has 1 aromatic carbocycles. The third-order valence-corrected chi connectivity index (χ3v) is 5.11. The van der Waals surface area contributed by atoms with Crippen LogP contribution in [0, 0.1) is 6.92 Å². The molecule has 25 heavy (non-hydrogen) atoms. The Morgan fingerprint density at radius 1 is 1.40 bits per heavy atom. The number of nitrogens with zero attached hydrogens (tertiary/aromatic N) is 1. The summed E-state index contributed by atoms with van der Waals surface area (Å²) in [5.74, 6) is 1.03. The molecule has 3 rings (SSSR count). The molecule has 1 aliphatic heterocycles. The van der Waals surface area contributed by atoms with Crippen LogP contribution in [0.2, 0.25) is 0 Å². The van der Waals surface area contributed by atoms with Crippen LogP contribution in [0.3, 0.4) is 0 Å². The molecule has 1 atom stereocenters. The van der Waals surface area contributed by atoms with Crippen molar-refractivity contribution in [3.8, 4) is 0 Å². The molecular weight excluding hydrogens is 338 g/mol. The number of nitrogens with one attached hydrogen (secondary N) is 2. The first-order valence-corrected chi connectivity index (χ1v) is 9.34. The Hall–Kier alpha value is -2.28. The topological polar surface area (TPSA) is 84.2 Å². The van der Waals surface area contributed by atoms with Gasteiger partial charge in [-0.2, -0.15) is 0 Å². The summed E-state index contributed by atoms with van der Waals surface area (Å²) in [6.45, 7) is 2.55. The van der Waals surface area contributed by atoms with E-state index in [4.69, 9.17) is 4.52 Å². The molecule has 0 bridgehead atoms. The molecule has 0 radical (unpaired) electrons. The fourth-order valence-corrected chi connectivity index (χ4v) is 3.65. The molecule has 7 heteroatoms. The van der Waals surface area contributed by atoms with Crippen LogP contribution in [0.1, 0.15) is 41.1 Å². The molecule has 2 amide bonds. The van der Waals surface area contributed by atoms with E-state index in [0.29, 0.717) is 24.3 Å². The lowest BCUT2D eigenvalue weighted by atomic mass is 10.1. The van der Waals surface area contributed by atoms with E-state index in [1.165, 1.54) is 11.8 Å². The van der Waals surface area contributed by atoms with Gasteiger partial charge in [-0.3, -0.25) is 9.59 Å². The highest BCUT2D eigenvalue weighted by Crippen LogP contribution is 2.26. The Morgan fingerprint density at radius 3 is 3.04 bits per heavy atom. The van der Waals surface area contributed by atoms with Gasteiger partial charge < -0.3 is 15.2 Å². The number of thioether (sulfide) groups is 1. The summed E-state index contributed by atoms with van der Waals surface area (Å²) in [6, 6.07) is 8.80. The van der Waals surface area contributed by atoms with Gasteiger partial charge in [-0.15, -0.1) is 11.8 Å². The maximum absolute atomic E-state index is 12.7. The fraction of sp³-hybridized carbons (Fsp3) is 0.389. The highest BCUT2D eigenvalue weighted by atomic mass is 32.2. The van der Waals surface area contributed by atoms with Gasteiger partial charge in [-0.05, 0) is 38.3 Å². The first-order valence-electron chi connectivity index (χ1n) is 8.36. The van der Waals surface area contributed by atoms with E-state index in [1.807, 2.05) is 31.2 Å². The summed E-state index contributed by atoms with van der Waals surface area (Å²) in [5, 5.41) is 9.57. The molecule has 1 fully saturated rings. The lowest BCUT2D eigenvalue weighted by Crippen LogP contribution is -2.45. The fourth-order valence-electron chi connectivity index (χ4n) is 2.73. The molecule has 1 aliphatic rings. The molecule has 132 valence electrons. The zero-order valence-corrected chi connectivity index (χ0v) is 14.9. The Bertz CT molecular complexity index is 760. The Kier molecular flexibility index (Phi) is 5.75. The van der Waals surface area contributed by atoms with E-state index >= 15 is 0 Å². The molecule has 0 unspecified atom stereocenters. The van der Waals surface area contributed by atoms with Crippen molar-refractivity contribution < 1.29 is 14.1 Å². The molecule has 0 spiro atoms. The molecule has 2 aromatic rings. The summed E-state index contributed by atoms with van der Waals surface area (Å²) in [7, 11) is 0. The van der Waals surface area contributed by atoms with Crippen molar-refractivity contribution in [3.63, 3.8) is 0 Å². The van der Waals surface area contributed by atoms with Gasteiger partial charge in [0.1, 0.15) is 11.8 Å². The van der Waals surface area contributed by atoms with Gasteiger partial charge in [0.2, 0.25) is 5.91 Å². The van der Waals surface area contributed by atoms with E-state index in [2.05, 4.69) is 15.8 Å². The molecule has 0 saturated carbocycles. The number of amides is 2. The van der Waals surface area contributed by atoms with Crippen LogP contribution >= 0.6 is 11.8 Å². The zero-order chi connectivity index (χ0) is 17.6. The van der Waals surface area contributed by atoms with Gasteiger partial charge in [0.15, 0.2) is 0 Å². The highest BCUT2D eigenvalue weighted by Gasteiger charge is 2.23. The van der Waals surface area contributed by atoms with Gasteiger partial charge in [0, 0.05) is 17.5 Å². The molecular formula is C18H21N3O3S. The number of benzene rings is 1. The number of aryl methyl sites for hydroxylation is 1. The van der Waals surface area contributed by atoms with Gasteiger partial charge in [-0.25, -0.2) is 0 Å². The second kappa shape index (κ2) is 8.20. The summed E-state index contributed by atoms with van der Waals surface area (Å²) in [5.41, 5.74) is 1.40. The van der Waals surface area contributed by atoms with E-state index in [9.17, 15) is 9.59 Å². The SMILES string of the molecule is Cc1cc(CSc2ccccc2C(=O)N[C@@H]2CCCCNC2=O)on1. The number of rotatable bonds is 5. The predicted molar refractivity (Wildman–Crippen MR) is 95.4 cm³/mol.